The summed E-state index contributed by atoms with van der Waals surface area (Å²) in [4.78, 5) is 11.5. The molecule has 3 atom stereocenters. The van der Waals surface area contributed by atoms with E-state index in [2.05, 4.69) is 5.10 Å². The summed E-state index contributed by atoms with van der Waals surface area (Å²) in [6.07, 6.45) is 2.41. The zero-order valence-electron chi connectivity index (χ0n) is 23.7. The van der Waals surface area contributed by atoms with Crippen molar-refractivity contribution in [2.24, 2.45) is 5.10 Å². The Morgan fingerprint density at radius 2 is 1.62 bits per heavy atom. The molecule has 11 nitrogen and oxygen atoms in total. The SMILES string of the molecule is CCC(C)(Oc1ccc(CCN(CP(=O)(O)OC)CP(=O)(OC)OC)cc1)[PH](=S)N(C)N=Cc1ccc(O)cc1. The van der Waals surface area contributed by atoms with Crippen LogP contribution in [-0.2, 0) is 40.9 Å². The normalized spacial score (nSPS) is 16.0. The molecule has 0 aliphatic heterocycles. The van der Waals surface area contributed by atoms with Crippen LogP contribution in [0.1, 0.15) is 31.4 Å². The summed E-state index contributed by atoms with van der Waals surface area (Å²) >= 11 is 5.89. The number of phenolic OH excluding ortho intramolecular Hbond substituents is 1. The lowest BCUT2D eigenvalue weighted by molar-refractivity contribution is 0.171. The average molecular weight is 636 g/mol. The Morgan fingerprint density at radius 1 is 1.02 bits per heavy atom. The molecule has 0 aromatic heterocycles. The minimum Gasteiger partial charge on any atom is -0.508 e. The maximum Gasteiger partial charge on any atom is 0.344 e. The zero-order valence-corrected chi connectivity index (χ0v) is 27.3. The molecule has 0 aliphatic carbocycles. The Hall–Kier alpha value is -1.58. The summed E-state index contributed by atoms with van der Waals surface area (Å²) in [7, 11) is -1.80. The van der Waals surface area contributed by atoms with Gasteiger partial charge in [-0.2, -0.15) is 5.10 Å². The van der Waals surface area contributed by atoms with Crippen LogP contribution in [0.5, 0.6) is 11.5 Å². The summed E-state index contributed by atoms with van der Waals surface area (Å²) in [5.74, 6) is 0.856. The van der Waals surface area contributed by atoms with E-state index in [9.17, 15) is 19.1 Å². The molecule has 224 valence electrons. The van der Waals surface area contributed by atoms with Crippen molar-refractivity contribution in [2.75, 3.05) is 47.5 Å². The number of ether oxygens (including phenoxy) is 1. The molecule has 0 saturated carbocycles. The number of aromatic hydroxyl groups is 1. The largest absolute Gasteiger partial charge is 0.508 e. The average Bonchev–Trinajstić information content (AvgIpc) is 2.95. The van der Waals surface area contributed by atoms with Gasteiger partial charge < -0.3 is 28.3 Å². The molecule has 0 saturated heterocycles. The topological polar surface area (TPSA) is 130 Å². The van der Waals surface area contributed by atoms with Gasteiger partial charge in [-0.25, -0.2) is 0 Å². The molecular weight excluding hydrogens is 595 g/mol. The van der Waals surface area contributed by atoms with Crippen molar-refractivity contribution in [1.29, 1.82) is 0 Å². The Kier molecular flexibility index (Phi) is 13.5. The predicted octanol–water partition coefficient (Wildman–Crippen LogP) is 5.53. The van der Waals surface area contributed by atoms with E-state index >= 15 is 0 Å². The van der Waals surface area contributed by atoms with Gasteiger partial charge in [0.15, 0.2) is 0 Å². The standard InChI is InChI=1S/C25H40N3O8P3S/c1-7-25(2,37(40)27(3)26-18-22-8-12-23(29)13-9-22)36-24-14-10-21(11-15-24)16-17-28(19-38(30,31)33-4)20-39(32,34-5)35-6/h8-15,18,29,37H,7,16-17,19-20H2,1-6H3,(H,30,31). The number of hydrogen-bond acceptors (Lipinski definition) is 10. The Balaban J connectivity index is 2.07. The van der Waals surface area contributed by atoms with Crippen molar-refractivity contribution >= 4 is 40.1 Å². The van der Waals surface area contributed by atoms with Crippen LogP contribution in [0.15, 0.2) is 53.6 Å². The minimum atomic E-state index is -3.89. The summed E-state index contributed by atoms with van der Waals surface area (Å²) < 4.78 is 47.7. The highest BCUT2D eigenvalue weighted by Crippen LogP contribution is 2.49. The van der Waals surface area contributed by atoms with Crippen molar-refractivity contribution in [1.82, 2.24) is 9.68 Å². The van der Waals surface area contributed by atoms with Crippen molar-refractivity contribution in [3.05, 3.63) is 59.7 Å². The summed E-state index contributed by atoms with van der Waals surface area (Å²) in [6, 6.07) is 14.3. The van der Waals surface area contributed by atoms with Crippen molar-refractivity contribution < 1.29 is 37.4 Å². The maximum atomic E-state index is 12.6. The van der Waals surface area contributed by atoms with Gasteiger partial charge in [0, 0.05) is 34.9 Å². The fourth-order valence-electron chi connectivity index (χ4n) is 3.58. The smallest absolute Gasteiger partial charge is 0.344 e. The predicted molar refractivity (Wildman–Crippen MR) is 164 cm³/mol. The Labute approximate surface area is 242 Å². The van der Waals surface area contributed by atoms with Crippen LogP contribution in [0.4, 0.5) is 0 Å². The van der Waals surface area contributed by atoms with Gasteiger partial charge in [-0.05, 0) is 67.3 Å². The maximum absolute atomic E-state index is 12.6. The molecule has 2 N–H and O–H groups in total. The number of phenols is 1. The number of nitrogens with zero attached hydrogens (tertiary/aromatic N) is 3. The van der Waals surface area contributed by atoms with Crippen molar-refractivity contribution in [3.63, 3.8) is 0 Å². The molecular formula is C25H40N3O8P3S. The van der Waals surface area contributed by atoms with E-state index < -0.39 is 27.4 Å². The van der Waals surface area contributed by atoms with Gasteiger partial charge in [0.1, 0.15) is 29.4 Å². The van der Waals surface area contributed by atoms with Gasteiger partial charge >= 0.3 is 15.2 Å². The second-order valence-corrected chi connectivity index (χ2v) is 16.9. The molecule has 0 amide bonds. The molecule has 2 aromatic rings. The van der Waals surface area contributed by atoms with E-state index in [0.29, 0.717) is 25.1 Å². The molecule has 3 unspecified atom stereocenters. The summed E-state index contributed by atoms with van der Waals surface area (Å²) in [5.41, 5.74) is 1.80. The first-order valence-corrected chi connectivity index (χ1v) is 18.6. The van der Waals surface area contributed by atoms with Gasteiger partial charge in [-0.15, -0.1) is 0 Å². The third-order valence-corrected chi connectivity index (χ3v) is 13.6. The van der Waals surface area contributed by atoms with Crippen LogP contribution in [0.2, 0.25) is 0 Å². The zero-order chi connectivity index (χ0) is 30.0. The van der Waals surface area contributed by atoms with Crippen LogP contribution < -0.4 is 4.74 Å². The van der Waals surface area contributed by atoms with Gasteiger partial charge in [0.05, 0.1) is 13.1 Å². The first kappa shape index (κ1) is 34.6. The molecule has 15 heteroatoms. The molecule has 40 heavy (non-hydrogen) atoms. The highest BCUT2D eigenvalue weighted by molar-refractivity contribution is 8.04. The number of rotatable bonds is 17. The van der Waals surface area contributed by atoms with E-state index in [-0.39, 0.29) is 18.3 Å². The third-order valence-electron chi connectivity index (χ3n) is 6.27. The number of hydrazone groups is 1. The Morgan fingerprint density at radius 3 is 2.15 bits per heavy atom. The van der Waals surface area contributed by atoms with Crippen molar-refractivity contribution in [2.45, 2.75) is 32.0 Å². The monoisotopic (exact) mass is 635 g/mol. The van der Waals surface area contributed by atoms with Crippen LogP contribution in [0.3, 0.4) is 0 Å². The minimum absolute atomic E-state index is 0.156. The highest BCUT2D eigenvalue weighted by Gasteiger charge is 2.32. The third kappa shape index (κ3) is 10.7. The first-order valence-electron chi connectivity index (χ1n) is 12.5. The van der Waals surface area contributed by atoms with Gasteiger partial charge in [0.2, 0.25) is 0 Å². The first-order chi connectivity index (χ1) is 18.8. The summed E-state index contributed by atoms with van der Waals surface area (Å²) in [5, 5.41) is 13.3. The quantitative estimate of drug-likeness (QED) is 0.129. The van der Waals surface area contributed by atoms with Crippen molar-refractivity contribution in [3.8, 4) is 11.5 Å². The van der Waals surface area contributed by atoms with Gasteiger partial charge in [0.25, 0.3) is 0 Å². The lowest BCUT2D eigenvalue weighted by Crippen LogP contribution is -2.30. The van der Waals surface area contributed by atoms with Gasteiger partial charge in [-0.1, -0.05) is 30.9 Å². The fraction of sp³-hybridized carbons (Fsp3) is 0.480. The van der Waals surface area contributed by atoms with E-state index in [1.165, 1.54) is 19.1 Å². The molecule has 2 aromatic carbocycles. The Bertz CT molecular complexity index is 1220. The second-order valence-electron chi connectivity index (χ2n) is 9.22. The number of hydrogen-bond donors (Lipinski definition) is 2. The van der Waals surface area contributed by atoms with E-state index in [1.807, 2.05) is 45.2 Å². The lowest BCUT2D eigenvalue weighted by Gasteiger charge is -2.34. The lowest BCUT2D eigenvalue weighted by atomic mass is 10.1. The molecule has 0 spiro atoms. The molecule has 0 radical (unpaired) electrons. The van der Waals surface area contributed by atoms with Crippen LogP contribution in [0.25, 0.3) is 0 Å². The molecule has 0 heterocycles. The second kappa shape index (κ2) is 15.6. The van der Waals surface area contributed by atoms with Gasteiger partial charge in [-0.3, -0.25) is 18.8 Å². The molecule has 0 aliphatic rings. The van der Waals surface area contributed by atoms with Crippen LogP contribution in [-0.4, -0.2) is 78.7 Å². The molecule has 2 rings (SSSR count). The van der Waals surface area contributed by atoms with Crippen LogP contribution in [0, 0.1) is 0 Å². The summed E-state index contributed by atoms with van der Waals surface area (Å²) in [6.45, 7) is 2.65. The van der Waals surface area contributed by atoms with E-state index in [1.54, 1.807) is 35.3 Å². The molecule has 0 fully saturated rings. The fourth-order valence-corrected chi connectivity index (χ4v) is 7.76. The molecule has 0 bridgehead atoms. The number of benzene rings is 2. The van der Waals surface area contributed by atoms with E-state index in [4.69, 9.17) is 30.1 Å². The van der Waals surface area contributed by atoms with E-state index in [0.717, 1.165) is 18.2 Å². The van der Waals surface area contributed by atoms with Crippen LogP contribution >= 0.6 is 22.0 Å². The highest BCUT2D eigenvalue weighted by atomic mass is 32.4.